The van der Waals surface area contributed by atoms with Gasteiger partial charge in [0, 0.05) is 27.6 Å². The van der Waals surface area contributed by atoms with Gasteiger partial charge in [0.05, 0.1) is 29.5 Å². The number of unbranched alkanes of at least 4 members (excludes halogenated alkanes) is 2. The molecule has 0 aliphatic rings. The van der Waals surface area contributed by atoms with Crippen molar-refractivity contribution in [1.29, 1.82) is 0 Å². The average molecular weight is 589 g/mol. The Morgan fingerprint density at radius 1 is 0.975 bits per heavy atom. The predicted octanol–water partition coefficient (Wildman–Crippen LogP) is 8.43. The Morgan fingerprint density at radius 3 is 2.35 bits per heavy atom. The number of aromatic nitrogens is 2. The van der Waals surface area contributed by atoms with Crippen LogP contribution in [0.2, 0.25) is 0 Å². The highest BCUT2D eigenvalue weighted by molar-refractivity contribution is 7.85. The molecule has 2 aromatic carbocycles. The van der Waals surface area contributed by atoms with Gasteiger partial charge in [-0.25, -0.2) is 4.98 Å². The largest absolute Gasteiger partial charge is 0.491 e. The summed E-state index contributed by atoms with van der Waals surface area (Å²) in [6, 6.07) is 14.4. The highest BCUT2D eigenvalue weighted by Gasteiger charge is 2.16. The molecule has 3 N–H and O–H groups in total. The second-order valence-corrected chi connectivity index (χ2v) is 11.9. The van der Waals surface area contributed by atoms with Crippen LogP contribution in [0.4, 0.5) is 0 Å². The predicted molar refractivity (Wildman–Crippen MR) is 169 cm³/mol. The van der Waals surface area contributed by atoms with Crippen molar-refractivity contribution in [3.05, 3.63) is 54.2 Å². The number of aryl methyl sites for hydroxylation is 1. The molecular weight excluding hydrogens is 543 g/mol. The summed E-state index contributed by atoms with van der Waals surface area (Å²) >= 11 is 0. The smallest absolute Gasteiger partial charge is 0.327 e. The SMILES string of the molecule is CCC.CCCCCOc1ccc(-c2cccc(S(=O)CC)c2)c2c1[nH]c1ncc(C)cc12.CCCOP(O)O. The van der Waals surface area contributed by atoms with Crippen molar-refractivity contribution in [2.75, 3.05) is 19.0 Å². The molecule has 4 rings (SSSR count). The minimum absolute atomic E-state index is 0.429. The number of nitrogens with one attached hydrogen (secondary N) is 1. The second-order valence-electron chi connectivity index (χ2n) is 9.41. The lowest BCUT2D eigenvalue weighted by atomic mass is 9.99. The number of hydrogen-bond donors (Lipinski definition) is 3. The number of fused-ring (bicyclic) bond motifs is 3. The number of benzene rings is 2. The molecule has 0 aliphatic carbocycles. The third-order valence-electron chi connectivity index (χ3n) is 5.79. The zero-order valence-electron chi connectivity index (χ0n) is 24.7. The van der Waals surface area contributed by atoms with Crippen molar-refractivity contribution in [2.24, 2.45) is 0 Å². The van der Waals surface area contributed by atoms with Gasteiger partial charge in [-0.05, 0) is 66.8 Å². The first-order chi connectivity index (χ1) is 19.3. The molecular formula is C31H45N2O5PS. The molecule has 2 heterocycles. The summed E-state index contributed by atoms with van der Waals surface area (Å²) in [6.07, 6.45) is 7.32. The van der Waals surface area contributed by atoms with Crippen LogP contribution in [0.1, 0.15) is 72.3 Å². The lowest BCUT2D eigenvalue weighted by Gasteiger charge is -2.11. The monoisotopic (exact) mass is 588 g/mol. The highest BCUT2D eigenvalue weighted by Crippen LogP contribution is 2.39. The van der Waals surface area contributed by atoms with Crippen molar-refractivity contribution >= 4 is 41.3 Å². The van der Waals surface area contributed by atoms with Gasteiger partial charge in [-0.15, -0.1) is 0 Å². The number of pyridine rings is 1. The summed E-state index contributed by atoms with van der Waals surface area (Å²) in [5, 5.41) is 2.19. The van der Waals surface area contributed by atoms with E-state index in [-0.39, 0.29) is 0 Å². The van der Waals surface area contributed by atoms with E-state index in [2.05, 4.69) is 60.4 Å². The van der Waals surface area contributed by atoms with Crippen LogP contribution in [0.3, 0.4) is 0 Å². The molecule has 1 unspecified atom stereocenters. The molecule has 7 nitrogen and oxygen atoms in total. The third-order valence-corrected chi connectivity index (χ3v) is 7.51. The van der Waals surface area contributed by atoms with Gasteiger partial charge in [-0.2, -0.15) is 0 Å². The number of nitrogens with zero attached hydrogens (tertiary/aromatic N) is 1. The van der Waals surface area contributed by atoms with Crippen LogP contribution in [0.5, 0.6) is 5.75 Å². The Balaban J connectivity index is 0.000000483. The summed E-state index contributed by atoms with van der Waals surface area (Å²) in [5.74, 6) is 1.47. The maximum atomic E-state index is 12.4. The quantitative estimate of drug-likeness (QED) is 0.120. The van der Waals surface area contributed by atoms with Crippen LogP contribution >= 0.6 is 8.60 Å². The molecule has 9 heteroatoms. The zero-order valence-corrected chi connectivity index (χ0v) is 26.4. The van der Waals surface area contributed by atoms with Gasteiger partial charge >= 0.3 is 8.60 Å². The maximum absolute atomic E-state index is 12.4. The fraction of sp³-hybridized carbons (Fsp3) is 0.452. The standard InChI is InChI=1S/C25H28N2O2S.C3H9O3P.C3H8/c1-4-6-7-13-29-22-12-11-20(18-9-8-10-19(15-18)30(28)5-2)23-21-14-17(3)16-26-25(21)27-24(22)23;1-2-3-6-7(4)5;1-3-2/h8-12,14-16H,4-7,13H2,1-3H3,(H,26,27);4-5H,2-3H2,1H3;3H2,1-2H3. The van der Waals surface area contributed by atoms with E-state index in [1.54, 1.807) is 0 Å². The molecule has 1 atom stereocenters. The van der Waals surface area contributed by atoms with Crippen molar-refractivity contribution in [3.8, 4) is 16.9 Å². The van der Waals surface area contributed by atoms with E-state index >= 15 is 0 Å². The Hall–Kier alpha value is -2.35. The summed E-state index contributed by atoms with van der Waals surface area (Å²) in [5.41, 5.74) is 5.09. The Labute approximate surface area is 242 Å². The van der Waals surface area contributed by atoms with Crippen molar-refractivity contribution in [2.45, 2.75) is 78.5 Å². The summed E-state index contributed by atoms with van der Waals surface area (Å²) < 4.78 is 22.9. The van der Waals surface area contributed by atoms with Crippen LogP contribution in [-0.4, -0.2) is 42.9 Å². The molecule has 0 saturated carbocycles. The first kappa shape index (κ1) is 33.9. The van der Waals surface area contributed by atoms with Crippen LogP contribution in [0.15, 0.2) is 53.6 Å². The van der Waals surface area contributed by atoms with E-state index in [1.807, 2.05) is 44.3 Å². The van der Waals surface area contributed by atoms with Gasteiger partial charge in [-0.3, -0.25) is 4.21 Å². The molecule has 220 valence electrons. The number of rotatable bonds is 11. The first-order valence-electron chi connectivity index (χ1n) is 14.1. The van der Waals surface area contributed by atoms with Gasteiger partial charge in [0.25, 0.3) is 0 Å². The van der Waals surface area contributed by atoms with E-state index in [0.29, 0.717) is 19.0 Å². The Morgan fingerprint density at radius 2 is 1.73 bits per heavy atom. The van der Waals surface area contributed by atoms with Gasteiger partial charge in [0.15, 0.2) is 0 Å². The van der Waals surface area contributed by atoms with Crippen LogP contribution < -0.4 is 4.74 Å². The minimum atomic E-state index is -2.11. The van der Waals surface area contributed by atoms with Crippen molar-refractivity contribution in [3.63, 3.8) is 0 Å². The number of hydrogen-bond acceptors (Lipinski definition) is 6. The molecule has 2 aromatic heterocycles. The van der Waals surface area contributed by atoms with Crippen molar-refractivity contribution < 1.29 is 23.3 Å². The number of H-pyrrole nitrogens is 1. The van der Waals surface area contributed by atoms with E-state index in [4.69, 9.17) is 14.5 Å². The Kier molecular flexibility index (Phi) is 15.4. The van der Waals surface area contributed by atoms with Crippen molar-refractivity contribution in [1.82, 2.24) is 9.97 Å². The molecule has 0 saturated heterocycles. The van der Waals surface area contributed by atoms with Crippen LogP contribution in [0.25, 0.3) is 33.1 Å². The molecule has 0 bridgehead atoms. The van der Waals surface area contributed by atoms with Crippen LogP contribution in [-0.2, 0) is 15.3 Å². The first-order valence-corrected chi connectivity index (χ1v) is 16.6. The van der Waals surface area contributed by atoms with E-state index < -0.39 is 19.4 Å². The van der Waals surface area contributed by atoms with Gasteiger partial charge in [0.2, 0.25) is 0 Å². The van der Waals surface area contributed by atoms with Gasteiger partial charge < -0.3 is 24.0 Å². The normalized spacial score (nSPS) is 11.6. The Bertz CT molecular complexity index is 1340. The molecule has 0 amide bonds. The summed E-state index contributed by atoms with van der Waals surface area (Å²) in [4.78, 5) is 25.1. The maximum Gasteiger partial charge on any atom is 0.327 e. The highest BCUT2D eigenvalue weighted by atomic mass is 32.2. The molecule has 0 spiro atoms. The fourth-order valence-electron chi connectivity index (χ4n) is 4.01. The summed E-state index contributed by atoms with van der Waals surface area (Å²) in [7, 11) is -3.09. The zero-order chi connectivity index (χ0) is 29.5. The van der Waals surface area contributed by atoms with Gasteiger partial charge in [0.1, 0.15) is 11.4 Å². The molecule has 0 aliphatic heterocycles. The van der Waals surface area contributed by atoms with E-state index in [1.165, 1.54) is 12.8 Å². The van der Waals surface area contributed by atoms with Gasteiger partial charge in [-0.1, -0.05) is 66.0 Å². The average Bonchev–Trinajstić information content (AvgIpc) is 3.33. The van der Waals surface area contributed by atoms with E-state index in [0.717, 1.165) is 68.5 Å². The molecule has 40 heavy (non-hydrogen) atoms. The number of aromatic amines is 1. The molecule has 4 aromatic rings. The van der Waals surface area contributed by atoms with Crippen LogP contribution in [0, 0.1) is 6.92 Å². The molecule has 0 radical (unpaired) electrons. The topological polar surface area (TPSA) is 105 Å². The second kappa shape index (κ2) is 18.2. The van der Waals surface area contributed by atoms with E-state index in [9.17, 15) is 4.21 Å². The minimum Gasteiger partial charge on any atom is -0.491 e. The lowest BCUT2D eigenvalue weighted by molar-refractivity contribution is 0.255. The lowest BCUT2D eigenvalue weighted by Crippen LogP contribution is -1.98. The fourth-order valence-corrected chi connectivity index (χ4v) is 5.17. The number of ether oxygens (including phenoxy) is 1. The third kappa shape index (κ3) is 9.93. The summed E-state index contributed by atoms with van der Waals surface area (Å²) in [6.45, 7) is 13.5. The molecule has 0 fully saturated rings.